The molecule has 9 nitrogen and oxygen atoms in total. The molecule has 1 saturated heterocycles. The SMILES string of the molecule is CC(C)=CCC[C@](C)(O[C@@H]1O[C@H](CO)[C@@H](O)[C@H](O)[C@H]1O)[C@H]1CC[C@]2(C)[C@@H]1C(=O)C[C@@H]1[C@@]3(C)CC[C@H](O)C(C)(C)[C@@H]3[C@@H](O)C[C@]12C. The number of ether oxygens (including phenoxy) is 2. The second-order valence-corrected chi connectivity index (χ2v) is 17.3. The minimum atomic E-state index is -1.55. The molecule has 0 aromatic rings. The smallest absolute Gasteiger partial charge is 0.187 e. The molecule has 15 atom stereocenters. The van der Waals surface area contributed by atoms with E-state index in [1.54, 1.807) is 0 Å². The molecule has 5 rings (SSSR count). The highest BCUT2D eigenvalue weighted by molar-refractivity contribution is 5.84. The van der Waals surface area contributed by atoms with Gasteiger partial charge >= 0.3 is 0 Å². The number of aliphatic hydroxyl groups excluding tert-OH is 6. The zero-order valence-corrected chi connectivity index (χ0v) is 28.7. The molecule has 0 unspecified atom stereocenters. The van der Waals surface area contributed by atoms with Gasteiger partial charge in [-0.3, -0.25) is 4.79 Å². The van der Waals surface area contributed by atoms with Crippen molar-refractivity contribution in [2.24, 2.45) is 45.3 Å². The fourth-order valence-corrected chi connectivity index (χ4v) is 11.7. The maximum absolute atomic E-state index is 14.6. The third kappa shape index (κ3) is 5.31. The van der Waals surface area contributed by atoms with E-state index in [1.165, 1.54) is 0 Å². The minimum Gasteiger partial charge on any atom is -0.394 e. The number of Topliss-reactive ketones (excluding diaryl/α,β-unsaturated/α-hetero) is 1. The summed E-state index contributed by atoms with van der Waals surface area (Å²) in [5, 5.41) is 64.6. The average molecular weight is 637 g/mol. The second kappa shape index (κ2) is 11.9. The number of ketones is 1. The lowest BCUT2D eigenvalue weighted by Gasteiger charge is -2.70. The second-order valence-electron chi connectivity index (χ2n) is 17.3. The Kier molecular flexibility index (Phi) is 9.36. The van der Waals surface area contributed by atoms with E-state index < -0.39 is 66.0 Å². The molecule has 5 fully saturated rings. The lowest BCUT2D eigenvalue weighted by atomic mass is 9.34. The summed E-state index contributed by atoms with van der Waals surface area (Å²) in [6, 6.07) is 0. The number of carbonyl (C=O) groups is 1. The van der Waals surface area contributed by atoms with Gasteiger partial charge in [-0.05, 0) is 105 Å². The number of hydrogen-bond acceptors (Lipinski definition) is 9. The van der Waals surface area contributed by atoms with E-state index in [0.29, 0.717) is 32.1 Å². The summed E-state index contributed by atoms with van der Waals surface area (Å²) in [6.07, 6.45) is -0.745. The van der Waals surface area contributed by atoms with Crippen molar-refractivity contribution >= 4 is 5.78 Å². The van der Waals surface area contributed by atoms with Crippen molar-refractivity contribution in [1.82, 2.24) is 0 Å². The summed E-state index contributed by atoms with van der Waals surface area (Å²) in [5.74, 6) is -0.372. The monoisotopic (exact) mass is 636 g/mol. The summed E-state index contributed by atoms with van der Waals surface area (Å²) in [4.78, 5) is 14.6. The van der Waals surface area contributed by atoms with Crippen molar-refractivity contribution in [2.45, 2.75) is 155 Å². The summed E-state index contributed by atoms with van der Waals surface area (Å²) in [7, 11) is 0. The van der Waals surface area contributed by atoms with Gasteiger partial charge in [-0.25, -0.2) is 0 Å². The molecule has 0 aromatic heterocycles. The molecule has 0 spiro atoms. The lowest BCUT2D eigenvalue weighted by molar-refractivity contribution is -0.333. The van der Waals surface area contributed by atoms with Crippen molar-refractivity contribution in [3.8, 4) is 0 Å². The highest BCUT2D eigenvalue weighted by Gasteiger charge is 2.73. The highest BCUT2D eigenvalue weighted by Crippen LogP contribution is 2.75. The van der Waals surface area contributed by atoms with Crippen LogP contribution in [0.25, 0.3) is 0 Å². The van der Waals surface area contributed by atoms with Crippen molar-refractivity contribution < 1.29 is 44.9 Å². The lowest BCUT2D eigenvalue weighted by Crippen LogP contribution is -2.69. The van der Waals surface area contributed by atoms with Gasteiger partial charge in [0.1, 0.15) is 30.2 Å². The molecule has 5 aliphatic rings. The summed E-state index contributed by atoms with van der Waals surface area (Å²) in [6.45, 7) is 16.4. The van der Waals surface area contributed by atoms with Crippen molar-refractivity contribution in [2.75, 3.05) is 6.61 Å². The molecule has 9 heteroatoms. The standard InChI is InChI=1S/C36H60O9/c1-19(2)10-9-13-36(8,45-31-29(43)28(42)27(41)23(18-37)44-31)20-11-15-34(6)26(20)21(38)16-24-33(5)14-12-25(40)32(3,4)30(33)22(39)17-35(24,34)7/h10,20,22-31,37,39-43H,9,11-18H2,1-8H3/t20-,22-,23+,24+,25-,26-,27+,28-,29+,30-,31-,33+,34+,35+,36-/m0/s1. The highest BCUT2D eigenvalue weighted by atomic mass is 16.7. The Bertz CT molecular complexity index is 1150. The van der Waals surface area contributed by atoms with Gasteiger partial charge in [0.25, 0.3) is 0 Å². The molecule has 0 bridgehead atoms. The van der Waals surface area contributed by atoms with Crippen LogP contribution < -0.4 is 0 Å². The number of rotatable bonds is 7. The number of aliphatic hydroxyl groups is 6. The Morgan fingerprint density at radius 3 is 2.27 bits per heavy atom. The summed E-state index contributed by atoms with van der Waals surface area (Å²) < 4.78 is 12.5. The summed E-state index contributed by atoms with van der Waals surface area (Å²) >= 11 is 0. The third-order valence-corrected chi connectivity index (χ3v) is 14.2. The zero-order chi connectivity index (χ0) is 33.5. The van der Waals surface area contributed by atoms with E-state index in [1.807, 2.05) is 20.8 Å². The molecule has 1 heterocycles. The Morgan fingerprint density at radius 2 is 1.64 bits per heavy atom. The van der Waals surface area contributed by atoms with Crippen LogP contribution >= 0.6 is 0 Å². The molecule has 0 aromatic carbocycles. The van der Waals surface area contributed by atoms with E-state index >= 15 is 0 Å². The predicted molar refractivity (Wildman–Crippen MR) is 169 cm³/mol. The maximum atomic E-state index is 14.6. The van der Waals surface area contributed by atoms with E-state index in [0.717, 1.165) is 24.8 Å². The number of fused-ring (bicyclic) bond motifs is 5. The largest absolute Gasteiger partial charge is 0.394 e. The quantitative estimate of drug-likeness (QED) is 0.230. The van der Waals surface area contributed by atoms with Gasteiger partial charge in [-0.2, -0.15) is 0 Å². The minimum absolute atomic E-state index is 0.0703. The van der Waals surface area contributed by atoms with Crippen molar-refractivity contribution in [3.05, 3.63) is 11.6 Å². The molecule has 258 valence electrons. The number of hydrogen-bond donors (Lipinski definition) is 6. The van der Waals surface area contributed by atoms with Gasteiger partial charge in [-0.1, -0.05) is 46.3 Å². The predicted octanol–water partition coefficient (Wildman–Crippen LogP) is 3.50. The van der Waals surface area contributed by atoms with E-state index in [-0.39, 0.29) is 40.3 Å². The maximum Gasteiger partial charge on any atom is 0.187 e. The Balaban J connectivity index is 1.51. The van der Waals surface area contributed by atoms with Crippen LogP contribution in [0, 0.1) is 45.3 Å². The molecule has 4 aliphatic carbocycles. The third-order valence-electron chi connectivity index (χ3n) is 14.2. The van der Waals surface area contributed by atoms with Gasteiger partial charge in [0.2, 0.25) is 0 Å². The van der Waals surface area contributed by atoms with Gasteiger partial charge in [0.05, 0.1) is 24.4 Å². The molecule has 45 heavy (non-hydrogen) atoms. The molecular weight excluding hydrogens is 576 g/mol. The Labute approximate surface area is 269 Å². The van der Waals surface area contributed by atoms with Crippen molar-refractivity contribution in [1.29, 1.82) is 0 Å². The van der Waals surface area contributed by atoms with Crippen LogP contribution in [0.15, 0.2) is 11.6 Å². The van der Waals surface area contributed by atoms with Gasteiger partial charge in [0, 0.05) is 12.3 Å². The fourth-order valence-electron chi connectivity index (χ4n) is 11.7. The topological polar surface area (TPSA) is 157 Å². The first-order chi connectivity index (χ1) is 20.8. The van der Waals surface area contributed by atoms with E-state index in [9.17, 15) is 35.4 Å². The zero-order valence-electron chi connectivity index (χ0n) is 28.7. The van der Waals surface area contributed by atoms with Crippen LogP contribution in [0.4, 0.5) is 0 Å². The van der Waals surface area contributed by atoms with Crippen LogP contribution in [0.1, 0.15) is 107 Å². The normalized spacial score (nSPS) is 50.6. The van der Waals surface area contributed by atoms with Crippen LogP contribution in [-0.4, -0.2) is 91.5 Å². The number of carbonyl (C=O) groups excluding carboxylic acids is 1. The first-order valence-electron chi connectivity index (χ1n) is 17.3. The van der Waals surface area contributed by atoms with Crippen LogP contribution in [0.3, 0.4) is 0 Å². The van der Waals surface area contributed by atoms with Gasteiger partial charge < -0.3 is 40.1 Å². The Hall–Kier alpha value is -0.910. The molecular formula is C36H60O9. The molecule has 0 amide bonds. The van der Waals surface area contributed by atoms with E-state index in [2.05, 4.69) is 40.7 Å². The first kappa shape index (κ1) is 35.4. The molecule has 6 N–H and O–H groups in total. The van der Waals surface area contributed by atoms with Gasteiger partial charge in [-0.15, -0.1) is 0 Å². The first-order valence-corrected chi connectivity index (χ1v) is 17.3. The van der Waals surface area contributed by atoms with Crippen LogP contribution in [0.2, 0.25) is 0 Å². The van der Waals surface area contributed by atoms with Crippen LogP contribution in [-0.2, 0) is 14.3 Å². The number of allylic oxidation sites excluding steroid dienone is 2. The fraction of sp³-hybridized carbons (Fsp3) is 0.917. The molecule has 1 aliphatic heterocycles. The van der Waals surface area contributed by atoms with Gasteiger partial charge in [0.15, 0.2) is 6.29 Å². The van der Waals surface area contributed by atoms with Crippen LogP contribution in [0.5, 0.6) is 0 Å². The molecule has 4 saturated carbocycles. The molecule has 0 radical (unpaired) electrons. The average Bonchev–Trinajstić information content (AvgIpc) is 3.33. The Morgan fingerprint density at radius 1 is 0.978 bits per heavy atom. The van der Waals surface area contributed by atoms with E-state index in [4.69, 9.17) is 9.47 Å². The summed E-state index contributed by atoms with van der Waals surface area (Å²) in [5.41, 5.74) is -1.27. The van der Waals surface area contributed by atoms with Crippen molar-refractivity contribution in [3.63, 3.8) is 0 Å².